The van der Waals surface area contributed by atoms with E-state index >= 15 is 0 Å². The number of amides is 1. The SMILES string of the molecule is CCOc1ccc2ccccc2c1/C=N/c1ccc(NC(C)=O)cc1. The number of fused-ring (bicyclic) bond motifs is 1. The zero-order valence-corrected chi connectivity index (χ0v) is 14.3. The second-order valence-corrected chi connectivity index (χ2v) is 5.62. The predicted molar refractivity (Wildman–Crippen MR) is 103 cm³/mol. The van der Waals surface area contributed by atoms with Crippen molar-refractivity contribution in [1.29, 1.82) is 0 Å². The van der Waals surface area contributed by atoms with E-state index in [1.807, 2.05) is 55.6 Å². The summed E-state index contributed by atoms with van der Waals surface area (Å²) in [7, 11) is 0. The van der Waals surface area contributed by atoms with E-state index < -0.39 is 0 Å². The van der Waals surface area contributed by atoms with E-state index in [1.165, 1.54) is 6.92 Å². The Kier molecular flexibility index (Phi) is 5.09. The number of hydrogen-bond donors (Lipinski definition) is 1. The van der Waals surface area contributed by atoms with Crippen molar-refractivity contribution in [2.45, 2.75) is 13.8 Å². The topological polar surface area (TPSA) is 50.7 Å². The monoisotopic (exact) mass is 332 g/mol. The molecule has 126 valence electrons. The molecule has 0 aliphatic heterocycles. The molecule has 4 heteroatoms. The summed E-state index contributed by atoms with van der Waals surface area (Å²) in [5.74, 6) is 0.730. The predicted octanol–water partition coefficient (Wildman–Crippen LogP) is 4.95. The lowest BCUT2D eigenvalue weighted by Crippen LogP contribution is -2.04. The van der Waals surface area contributed by atoms with Gasteiger partial charge in [-0.2, -0.15) is 0 Å². The molecule has 4 nitrogen and oxygen atoms in total. The third-order valence-corrected chi connectivity index (χ3v) is 3.76. The van der Waals surface area contributed by atoms with Crippen molar-refractivity contribution < 1.29 is 9.53 Å². The normalized spacial score (nSPS) is 11.0. The van der Waals surface area contributed by atoms with Crippen LogP contribution in [0.3, 0.4) is 0 Å². The first-order chi connectivity index (χ1) is 12.2. The maximum Gasteiger partial charge on any atom is 0.221 e. The van der Waals surface area contributed by atoms with Crippen molar-refractivity contribution in [2.24, 2.45) is 4.99 Å². The first-order valence-corrected chi connectivity index (χ1v) is 8.23. The number of anilines is 1. The number of nitrogens with zero attached hydrogens (tertiary/aromatic N) is 1. The molecule has 0 aliphatic rings. The summed E-state index contributed by atoms with van der Waals surface area (Å²) < 4.78 is 5.76. The molecule has 0 aromatic heterocycles. The highest BCUT2D eigenvalue weighted by atomic mass is 16.5. The van der Waals surface area contributed by atoms with Crippen LogP contribution in [0.2, 0.25) is 0 Å². The lowest BCUT2D eigenvalue weighted by atomic mass is 10.0. The highest BCUT2D eigenvalue weighted by Crippen LogP contribution is 2.27. The van der Waals surface area contributed by atoms with Gasteiger partial charge in [-0.15, -0.1) is 0 Å². The van der Waals surface area contributed by atoms with E-state index in [0.717, 1.165) is 33.5 Å². The van der Waals surface area contributed by atoms with E-state index in [1.54, 1.807) is 0 Å². The average Bonchev–Trinajstić information content (AvgIpc) is 2.61. The molecule has 0 fully saturated rings. The van der Waals surface area contributed by atoms with Gasteiger partial charge in [0.1, 0.15) is 5.75 Å². The highest BCUT2D eigenvalue weighted by Gasteiger charge is 2.06. The van der Waals surface area contributed by atoms with Gasteiger partial charge in [-0.1, -0.05) is 30.3 Å². The Hall–Kier alpha value is -3.14. The summed E-state index contributed by atoms with van der Waals surface area (Å²) in [5, 5.41) is 5.00. The third-order valence-electron chi connectivity index (χ3n) is 3.76. The molecule has 0 atom stereocenters. The standard InChI is InChI=1S/C21H20N2O2/c1-3-25-21-13-8-16-6-4-5-7-19(16)20(21)14-22-17-9-11-18(12-10-17)23-15(2)24/h4-14H,3H2,1-2H3,(H,23,24)/b22-14+. The molecule has 0 spiro atoms. The lowest BCUT2D eigenvalue weighted by molar-refractivity contribution is -0.114. The minimum atomic E-state index is -0.0895. The van der Waals surface area contributed by atoms with Crippen LogP contribution in [0.15, 0.2) is 65.7 Å². The van der Waals surface area contributed by atoms with E-state index in [-0.39, 0.29) is 5.91 Å². The van der Waals surface area contributed by atoms with Crippen LogP contribution in [0.5, 0.6) is 5.75 Å². The van der Waals surface area contributed by atoms with Crippen molar-refractivity contribution >= 4 is 34.3 Å². The summed E-state index contributed by atoms with van der Waals surface area (Å²) in [6.07, 6.45) is 1.83. The van der Waals surface area contributed by atoms with Crippen LogP contribution in [0.4, 0.5) is 11.4 Å². The van der Waals surface area contributed by atoms with Crippen LogP contribution in [0.25, 0.3) is 10.8 Å². The summed E-state index contributed by atoms with van der Waals surface area (Å²) in [6, 6.07) is 19.6. The number of benzene rings is 3. The Balaban J connectivity index is 1.94. The number of carbonyl (C=O) groups excluding carboxylic acids is 1. The van der Waals surface area contributed by atoms with E-state index in [0.29, 0.717) is 6.61 Å². The Labute approximate surface area is 147 Å². The quantitative estimate of drug-likeness (QED) is 0.672. The first-order valence-electron chi connectivity index (χ1n) is 8.23. The van der Waals surface area contributed by atoms with Crippen molar-refractivity contribution in [3.05, 3.63) is 66.2 Å². The summed E-state index contributed by atoms with van der Waals surface area (Å²) >= 11 is 0. The molecule has 25 heavy (non-hydrogen) atoms. The minimum absolute atomic E-state index is 0.0895. The number of carbonyl (C=O) groups is 1. The zero-order valence-electron chi connectivity index (χ0n) is 14.3. The molecule has 0 aliphatic carbocycles. The maximum atomic E-state index is 11.1. The number of ether oxygens (including phenoxy) is 1. The van der Waals surface area contributed by atoms with Gasteiger partial charge in [-0.05, 0) is 48.0 Å². The van der Waals surface area contributed by atoms with Crippen LogP contribution in [-0.2, 0) is 4.79 Å². The summed E-state index contributed by atoms with van der Waals surface area (Å²) in [4.78, 5) is 15.6. The number of nitrogens with one attached hydrogen (secondary N) is 1. The van der Waals surface area contributed by atoms with Crippen molar-refractivity contribution in [3.8, 4) is 5.75 Å². The highest BCUT2D eigenvalue weighted by molar-refractivity contribution is 6.03. The van der Waals surface area contributed by atoms with Crippen LogP contribution < -0.4 is 10.1 Å². The van der Waals surface area contributed by atoms with Gasteiger partial charge in [0.05, 0.1) is 12.3 Å². The van der Waals surface area contributed by atoms with Gasteiger partial charge < -0.3 is 10.1 Å². The van der Waals surface area contributed by atoms with Gasteiger partial charge in [0.2, 0.25) is 5.91 Å². The molecule has 0 heterocycles. The van der Waals surface area contributed by atoms with E-state index in [4.69, 9.17) is 4.74 Å². The molecule has 3 aromatic rings. The van der Waals surface area contributed by atoms with Gasteiger partial charge >= 0.3 is 0 Å². The summed E-state index contributed by atoms with van der Waals surface area (Å²) in [5.41, 5.74) is 2.53. The molecular formula is C21H20N2O2. The van der Waals surface area contributed by atoms with Crippen LogP contribution >= 0.6 is 0 Å². The Bertz CT molecular complexity index is 915. The van der Waals surface area contributed by atoms with Gasteiger partial charge in [0.15, 0.2) is 0 Å². The van der Waals surface area contributed by atoms with Gasteiger partial charge in [-0.3, -0.25) is 9.79 Å². The molecule has 0 saturated heterocycles. The second kappa shape index (κ2) is 7.62. The molecule has 1 amide bonds. The van der Waals surface area contributed by atoms with E-state index in [9.17, 15) is 4.79 Å². The number of aliphatic imine (C=N–C) groups is 1. The lowest BCUT2D eigenvalue weighted by Gasteiger charge is -2.10. The minimum Gasteiger partial charge on any atom is -0.493 e. The van der Waals surface area contributed by atoms with Crippen molar-refractivity contribution in [3.63, 3.8) is 0 Å². The average molecular weight is 332 g/mol. The van der Waals surface area contributed by atoms with Gasteiger partial charge in [0, 0.05) is 24.4 Å². The fraction of sp³-hybridized carbons (Fsp3) is 0.143. The van der Waals surface area contributed by atoms with Crippen molar-refractivity contribution in [1.82, 2.24) is 0 Å². The smallest absolute Gasteiger partial charge is 0.221 e. The first kappa shape index (κ1) is 16.7. The number of hydrogen-bond acceptors (Lipinski definition) is 3. The Morgan fingerprint density at radius 1 is 1.08 bits per heavy atom. The fourth-order valence-electron chi connectivity index (χ4n) is 2.66. The second-order valence-electron chi connectivity index (χ2n) is 5.62. The molecule has 0 radical (unpaired) electrons. The largest absolute Gasteiger partial charge is 0.493 e. The zero-order chi connectivity index (χ0) is 17.6. The Morgan fingerprint density at radius 2 is 1.84 bits per heavy atom. The molecular weight excluding hydrogens is 312 g/mol. The van der Waals surface area contributed by atoms with Gasteiger partial charge in [0.25, 0.3) is 0 Å². The van der Waals surface area contributed by atoms with Crippen LogP contribution in [0, 0.1) is 0 Å². The van der Waals surface area contributed by atoms with Crippen LogP contribution in [0.1, 0.15) is 19.4 Å². The molecule has 1 N–H and O–H groups in total. The molecule has 0 saturated carbocycles. The third kappa shape index (κ3) is 4.04. The molecule has 3 rings (SSSR count). The fourth-order valence-corrected chi connectivity index (χ4v) is 2.66. The summed E-state index contributed by atoms with van der Waals surface area (Å²) in [6.45, 7) is 4.06. The van der Waals surface area contributed by atoms with E-state index in [2.05, 4.69) is 28.5 Å². The van der Waals surface area contributed by atoms with Gasteiger partial charge in [-0.25, -0.2) is 0 Å². The molecule has 0 unspecified atom stereocenters. The van der Waals surface area contributed by atoms with Crippen molar-refractivity contribution in [2.75, 3.05) is 11.9 Å². The maximum absolute atomic E-state index is 11.1. The van der Waals surface area contributed by atoms with Crippen LogP contribution in [-0.4, -0.2) is 18.7 Å². The molecule has 3 aromatic carbocycles. The number of rotatable bonds is 5. The Morgan fingerprint density at radius 3 is 2.56 bits per heavy atom. The molecule has 0 bridgehead atoms.